The number of nitrogens with zero attached hydrogens (tertiary/aromatic N) is 3. The standard InChI is InChI=1S/C25H22N6O2S/c32-23(28-16-8-5-12-26-14-16)22-21-20-18(11-13-27-24(20)34-22)31(25(33)30-21)19-10-4-9-17(29-19)15-6-2-1-3-7-15/h1-4,6-7,9-11,13,16,26H,5,8,12,14H2,(H,28,32)(H,30,33)/t16-/m1/s1. The zero-order valence-electron chi connectivity index (χ0n) is 18.2. The number of anilines is 3. The zero-order chi connectivity index (χ0) is 23.1. The van der Waals surface area contributed by atoms with Gasteiger partial charge in [0.2, 0.25) is 0 Å². The van der Waals surface area contributed by atoms with Gasteiger partial charge in [0.05, 0.1) is 22.5 Å². The van der Waals surface area contributed by atoms with E-state index in [9.17, 15) is 9.59 Å². The smallest absolute Gasteiger partial charge is 0.332 e. The van der Waals surface area contributed by atoms with Crippen molar-refractivity contribution >= 4 is 50.7 Å². The van der Waals surface area contributed by atoms with Gasteiger partial charge in [0, 0.05) is 24.3 Å². The monoisotopic (exact) mass is 470 g/mol. The molecular weight excluding hydrogens is 448 g/mol. The lowest BCUT2D eigenvalue weighted by atomic mass is 10.1. The number of carbonyl (C=O) groups excluding carboxylic acids is 2. The quantitative estimate of drug-likeness (QED) is 0.407. The Morgan fingerprint density at radius 3 is 2.82 bits per heavy atom. The zero-order valence-corrected chi connectivity index (χ0v) is 19.1. The summed E-state index contributed by atoms with van der Waals surface area (Å²) in [6.45, 7) is 1.72. The summed E-state index contributed by atoms with van der Waals surface area (Å²) in [5, 5.41) is 10.1. The first kappa shape index (κ1) is 20.8. The molecule has 5 heterocycles. The summed E-state index contributed by atoms with van der Waals surface area (Å²) in [4.78, 5) is 38.4. The molecule has 0 bridgehead atoms. The van der Waals surface area contributed by atoms with E-state index < -0.39 is 0 Å². The van der Waals surface area contributed by atoms with Gasteiger partial charge in [0.25, 0.3) is 5.91 Å². The van der Waals surface area contributed by atoms with Crippen molar-refractivity contribution in [2.45, 2.75) is 18.9 Å². The fraction of sp³-hybridized carbons (Fsp3) is 0.200. The molecule has 9 heteroatoms. The highest BCUT2D eigenvalue weighted by atomic mass is 32.1. The number of benzene rings is 1. The van der Waals surface area contributed by atoms with Gasteiger partial charge in [-0.2, -0.15) is 0 Å². The van der Waals surface area contributed by atoms with Gasteiger partial charge in [0.1, 0.15) is 15.5 Å². The molecule has 1 fully saturated rings. The van der Waals surface area contributed by atoms with Crippen LogP contribution in [0.4, 0.5) is 22.0 Å². The highest BCUT2D eigenvalue weighted by molar-refractivity contribution is 7.21. The molecule has 0 unspecified atom stereocenters. The number of aromatic nitrogens is 2. The second-order valence-electron chi connectivity index (χ2n) is 8.35. The number of thiophene rings is 1. The van der Waals surface area contributed by atoms with Gasteiger partial charge in [-0.15, -0.1) is 11.3 Å². The molecule has 4 aromatic rings. The van der Waals surface area contributed by atoms with Crippen molar-refractivity contribution in [2.75, 3.05) is 23.3 Å². The van der Waals surface area contributed by atoms with E-state index in [4.69, 9.17) is 4.98 Å². The van der Waals surface area contributed by atoms with Gasteiger partial charge in [-0.3, -0.25) is 4.79 Å². The molecule has 3 amide bonds. The predicted molar refractivity (Wildman–Crippen MR) is 134 cm³/mol. The Balaban J connectivity index is 1.40. The number of carbonyl (C=O) groups is 2. The fourth-order valence-electron chi connectivity index (χ4n) is 4.52. The predicted octanol–water partition coefficient (Wildman–Crippen LogP) is 4.52. The third-order valence-corrected chi connectivity index (χ3v) is 7.21. The molecule has 1 aromatic carbocycles. The second kappa shape index (κ2) is 8.51. The van der Waals surface area contributed by atoms with E-state index in [-0.39, 0.29) is 18.0 Å². The van der Waals surface area contributed by atoms with Crippen molar-refractivity contribution in [2.24, 2.45) is 0 Å². The normalized spacial score (nSPS) is 17.5. The van der Waals surface area contributed by atoms with Crippen LogP contribution in [0.5, 0.6) is 0 Å². The highest BCUT2D eigenvalue weighted by Crippen LogP contribution is 2.45. The summed E-state index contributed by atoms with van der Waals surface area (Å²) in [7, 11) is 0. The van der Waals surface area contributed by atoms with Crippen LogP contribution in [0.15, 0.2) is 60.8 Å². The van der Waals surface area contributed by atoms with Crippen molar-refractivity contribution < 1.29 is 9.59 Å². The second-order valence-corrected chi connectivity index (χ2v) is 9.34. The van der Waals surface area contributed by atoms with Crippen LogP contribution >= 0.6 is 11.3 Å². The van der Waals surface area contributed by atoms with Gasteiger partial charge in [-0.25, -0.2) is 19.7 Å². The molecule has 0 spiro atoms. The van der Waals surface area contributed by atoms with Gasteiger partial charge in [-0.05, 0) is 37.6 Å². The van der Waals surface area contributed by atoms with Crippen LogP contribution < -0.4 is 20.9 Å². The van der Waals surface area contributed by atoms with Crippen molar-refractivity contribution in [3.05, 3.63) is 65.7 Å². The molecule has 170 valence electrons. The first-order valence-electron chi connectivity index (χ1n) is 11.3. The maximum absolute atomic E-state index is 13.3. The van der Waals surface area contributed by atoms with E-state index in [0.717, 1.165) is 42.6 Å². The Bertz CT molecular complexity index is 1400. The summed E-state index contributed by atoms with van der Waals surface area (Å²) in [5.74, 6) is 0.318. The lowest BCUT2D eigenvalue weighted by molar-refractivity contribution is 0.0935. The van der Waals surface area contributed by atoms with Crippen LogP contribution in [0.3, 0.4) is 0 Å². The molecule has 2 aliphatic rings. The van der Waals surface area contributed by atoms with Gasteiger partial charge >= 0.3 is 6.03 Å². The molecule has 6 rings (SSSR count). The average Bonchev–Trinajstić information content (AvgIpc) is 3.25. The van der Waals surface area contributed by atoms with Crippen LogP contribution in [0.25, 0.3) is 21.5 Å². The van der Waals surface area contributed by atoms with E-state index in [1.165, 1.54) is 11.3 Å². The number of hydrogen-bond acceptors (Lipinski definition) is 6. The molecule has 34 heavy (non-hydrogen) atoms. The minimum atomic E-state index is -0.357. The fourth-order valence-corrected chi connectivity index (χ4v) is 5.54. The van der Waals surface area contributed by atoms with Crippen LogP contribution in [0.1, 0.15) is 22.5 Å². The summed E-state index contributed by atoms with van der Waals surface area (Å²) in [5.41, 5.74) is 2.92. The average molecular weight is 471 g/mol. The van der Waals surface area contributed by atoms with E-state index in [2.05, 4.69) is 20.9 Å². The van der Waals surface area contributed by atoms with Crippen LogP contribution in [0, 0.1) is 0 Å². The lowest BCUT2D eigenvalue weighted by Gasteiger charge is -2.28. The number of pyridine rings is 2. The number of amides is 3. The minimum Gasteiger partial charge on any atom is -0.347 e. The van der Waals surface area contributed by atoms with E-state index in [1.54, 1.807) is 23.2 Å². The Kier molecular flexibility index (Phi) is 5.20. The minimum absolute atomic E-state index is 0.0757. The van der Waals surface area contributed by atoms with Gasteiger partial charge in [0.15, 0.2) is 0 Å². The number of hydrogen-bond donors (Lipinski definition) is 3. The molecule has 8 nitrogen and oxygen atoms in total. The highest BCUT2D eigenvalue weighted by Gasteiger charge is 2.33. The maximum Gasteiger partial charge on any atom is 0.332 e. The Morgan fingerprint density at radius 1 is 1.12 bits per heavy atom. The molecular formula is C25H22N6O2S. The first-order valence-corrected chi connectivity index (χ1v) is 12.1. The van der Waals surface area contributed by atoms with E-state index >= 15 is 0 Å². The first-order chi connectivity index (χ1) is 16.7. The van der Waals surface area contributed by atoms with Gasteiger partial charge in [-0.1, -0.05) is 36.4 Å². The summed E-state index contributed by atoms with van der Waals surface area (Å²) >= 11 is 1.29. The third-order valence-electron chi connectivity index (χ3n) is 6.12. The molecule has 1 saturated heterocycles. The van der Waals surface area contributed by atoms with Gasteiger partial charge < -0.3 is 16.0 Å². The summed E-state index contributed by atoms with van der Waals surface area (Å²) in [6, 6.07) is 17.0. The van der Waals surface area contributed by atoms with E-state index in [0.29, 0.717) is 26.9 Å². The molecule has 0 radical (unpaired) electrons. The van der Waals surface area contributed by atoms with Crippen LogP contribution in [0.2, 0.25) is 0 Å². The Morgan fingerprint density at radius 2 is 2.00 bits per heavy atom. The number of rotatable bonds is 4. The van der Waals surface area contributed by atoms with Crippen molar-refractivity contribution in [3.63, 3.8) is 0 Å². The van der Waals surface area contributed by atoms with Crippen LogP contribution in [-0.4, -0.2) is 41.0 Å². The maximum atomic E-state index is 13.3. The number of nitrogens with one attached hydrogen (secondary N) is 3. The Labute approximate surface area is 200 Å². The van der Waals surface area contributed by atoms with Crippen molar-refractivity contribution in [1.82, 2.24) is 20.6 Å². The van der Waals surface area contributed by atoms with Crippen molar-refractivity contribution in [3.8, 4) is 11.3 Å². The topological polar surface area (TPSA) is 99.2 Å². The van der Waals surface area contributed by atoms with Crippen LogP contribution in [-0.2, 0) is 0 Å². The molecule has 1 atom stereocenters. The third kappa shape index (κ3) is 3.59. The molecule has 0 saturated carbocycles. The lowest BCUT2D eigenvalue weighted by Crippen LogP contribution is -2.45. The largest absolute Gasteiger partial charge is 0.347 e. The molecule has 0 aliphatic carbocycles. The molecule has 3 N–H and O–H groups in total. The SMILES string of the molecule is O=C(N[C@@H]1CCCNC1)c1sc2nccc3c2c1NC(=O)N3c1cccc(-c2ccccc2)n1. The summed E-state index contributed by atoms with van der Waals surface area (Å²) in [6.07, 6.45) is 3.63. The number of urea groups is 1. The number of piperidine rings is 1. The van der Waals surface area contributed by atoms with Crippen molar-refractivity contribution in [1.29, 1.82) is 0 Å². The molecule has 2 aliphatic heterocycles. The van der Waals surface area contributed by atoms with E-state index in [1.807, 2.05) is 42.5 Å². The Hall–Kier alpha value is -3.82. The summed E-state index contributed by atoms with van der Waals surface area (Å²) < 4.78 is 0. The molecule has 3 aromatic heterocycles.